The van der Waals surface area contributed by atoms with Gasteiger partial charge in [0.05, 0.1) is 0 Å². The highest BCUT2D eigenvalue weighted by atomic mass is 14.8. The zero-order valence-electron chi connectivity index (χ0n) is 12.7. The topological polar surface area (TPSA) is 12.0 Å². The van der Waals surface area contributed by atoms with Crippen LogP contribution in [0.4, 0.5) is 0 Å². The van der Waals surface area contributed by atoms with Crippen LogP contribution in [0.1, 0.15) is 81.1 Å². The second-order valence-electron chi connectivity index (χ2n) is 3.12. The Morgan fingerprint density at radius 2 is 1.07 bits per heavy atom. The van der Waals surface area contributed by atoms with Gasteiger partial charge in [-0.1, -0.05) is 74.7 Å². The molecule has 0 fully saturated rings. The van der Waals surface area contributed by atoms with Crippen LogP contribution in [0.15, 0.2) is 0 Å². The summed E-state index contributed by atoms with van der Waals surface area (Å²) in [4.78, 5) is 0. The van der Waals surface area contributed by atoms with E-state index in [9.17, 15) is 0 Å². The quantitative estimate of drug-likeness (QED) is 0.636. The summed E-state index contributed by atoms with van der Waals surface area (Å²) in [6.07, 6.45) is 5.11. The number of nitrogens with one attached hydrogen (secondary N) is 1. The van der Waals surface area contributed by atoms with Gasteiger partial charge in [-0.05, 0) is 19.5 Å². The molecule has 0 saturated carbocycles. The molecule has 0 amide bonds. The molecular weight excluding hydrogens is 182 g/mol. The van der Waals surface area contributed by atoms with E-state index in [1.807, 2.05) is 13.8 Å². The third-order valence-corrected chi connectivity index (χ3v) is 0.957. The Labute approximate surface area is 100 Å². The molecule has 0 atom stereocenters. The van der Waals surface area contributed by atoms with E-state index < -0.39 is 0 Å². The summed E-state index contributed by atoms with van der Waals surface area (Å²) in [5, 5.41) is 3.25. The van der Waals surface area contributed by atoms with Gasteiger partial charge in [-0.2, -0.15) is 0 Å². The molecule has 0 bridgehead atoms. The SMILES string of the molecule is CC.CCC.CCC.CCCCNCC. The third kappa shape index (κ3) is 127. The molecule has 1 nitrogen and oxygen atoms in total. The van der Waals surface area contributed by atoms with Gasteiger partial charge in [-0.3, -0.25) is 0 Å². The van der Waals surface area contributed by atoms with Crippen LogP contribution in [0.2, 0.25) is 0 Å². The van der Waals surface area contributed by atoms with Crippen LogP contribution in [-0.4, -0.2) is 13.1 Å². The van der Waals surface area contributed by atoms with Crippen LogP contribution >= 0.6 is 0 Å². The van der Waals surface area contributed by atoms with Crippen LogP contribution in [0.3, 0.4) is 0 Å². The van der Waals surface area contributed by atoms with Crippen molar-refractivity contribution >= 4 is 0 Å². The number of unbranched alkanes of at least 4 members (excludes halogenated alkanes) is 1. The van der Waals surface area contributed by atoms with Gasteiger partial charge in [0, 0.05) is 0 Å². The van der Waals surface area contributed by atoms with Crippen molar-refractivity contribution in [2.24, 2.45) is 0 Å². The van der Waals surface area contributed by atoms with Gasteiger partial charge in [0.25, 0.3) is 0 Å². The first-order valence-corrected chi connectivity index (χ1v) is 6.95. The molecule has 1 heteroatoms. The predicted octanol–water partition coefficient (Wildman–Crippen LogP) is 5.25. The maximum absolute atomic E-state index is 3.25. The normalized spacial score (nSPS) is 7.20. The summed E-state index contributed by atoms with van der Waals surface area (Å²) in [5.41, 5.74) is 0. The monoisotopic (exact) mass is 219 g/mol. The molecule has 0 aliphatic heterocycles. The lowest BCUT2D eigenvalue weighted by Crippen LogP contribution is -2.13. The van der Waals surface area contributed by atoms with Gasteiger partial charge in [0.15, 0.2) is 0 Å². The maximum atomic E-state index is 3.25. The Morgan fingerprint density at radius 1 is 0.733 bits per heavy atom. The maximum Gasteiger partial charge on any atom is -0.00491 e. The van der Waals surface area contributed by atoms with E-state index in [0.29, 0.717) is 0 Å². The minimum atomic E-state index is 1.11. The average molecular weight is 219 g/mol. The predicted molar refractivity (Wildman–Crippen MR) is 76.7 cm³/mol. The van der Waals surface area contributed by atoms with E-state index in [4.69, 9.17) is 0 Å². The van der Waals surface area contributed by atoms with Gasteiger partial charge in [0.2, 0.25) is 0 Å². The van der Waals surface area contributed by atoms with Crippen molar-refractivity contribution in [2.45, 2.75) is 81.1 Å². The van der Waals surface area contributed by atoms with Crippen LogP contribution in [0.5, 0.6) is 0 Å². The molecule has 0 aromatic heterocycles. The Bertz CT molecular complexity index is 38.6. The minimum Gasteiger partial charge on any atom is -0.317 e. The molecule has 0 rings (SSSR count). The van der Waals surface area contributed by atoms with E-state index in [0.717, 1.165) is 6.54 Å². The Kier molecular flexibility index (Phi) is 78.3. The number of hydrogen-bond acceptors (Lipinski definition) is 1. The van der Waals surface area contributed by atoms with Crippen molar-refractivity contribution in [1.82, 2.24) is 5.32 Å². The van der Waals surface area contributed by atoms with E-state index >= 15 is 0 Å². The molecule has 0 unspecified atom stereocenters. The fourth-order valence-corrected chi connectivity index (χ4v) is 0.479. The van der Waals surface area contributed by atoms with Gasteiger partial charge in [-0.25, -0.2) is 0 Å². The standard InChI is InChI=1S/C6H15N.2C3H8.C2H6/c1-3-5-6-7-4-2;2*1-3-2;1-2/h7H,3-6H2,1-2H3;2*3H2,1-2H3;1-2H3. The van der Waals surface area contributed by atoms with Crippen LogP contribution < -0.4 is 5.32 Å². The van der Waals surface area contributed by atoms with Crippen LogP contribution in [0.25, 0.3) is 0 Å². The molecular formula is C14H37N. The molecule has 0 radical (unpaired) electrons. The molecule has 15 heavy (non-hydrogen) atoms. The zero-order chi connectivity index (χ0) is 12.9. The highest BCUT2D eigenvalue weighted by Crippen LogP contribution is 1.80. The van der Waals surface area contributed by atoms with E-state index in [2.05, 4.69) is 46.9 Å². The van der Waals surface area contributed by atoms with Gasteiger partial charge >= 0.3 is 0 Å². The molecule has 0 aromatic carbocycles. The van der Waals surface area contributed by atoms with E-state index in [1.165, 1.54) is 32.2 Å². The zero-order valence-corrected chi connectivity index (χ0v) is 12.7. The summed E-state index contributed by atoms with van der Waals surface area (Å²) in [5.74, 6) is 0. The number of rotatable bonds is 4. The third-order valence-electron chi connectivity index (χ3n) is 0.957. The Balaban J connectivity index is -0.0000000638. The van der Waals surface area contributed by atoms with Gasteiger partial charge in [0.1, 0.15) is 0 Å². The van der Waals surface area contributed by atoms with Crippen molar-refractivity contribution in [1.29, 1.82) is 0 Å². The number of hydrogen-bond donors (Lipinski definition) is 1. The summed E-state index contributed by atoms with van der Waals surface area (Å²) in [7, 11) is 0. The highest BCUT2D eigenvalue weighted by Gasteiger charge is 1.77. The fraction of sp³-hybridized carbons (Fsp3) is 1.00. The van der Waals surface area contributed by atoms with Gasteiger partial charge < -0.3 is 5.32 Å². The second kappa shape index (κ2) is 48.4. The molecule has 0 spiro atoms. The van der Waals surface area contributed by atoms with Crippen molar-refractivity contribution in [3.63, 3.8) is 0 Å². The summed E-state index contributed by atoms with van der Waals surface area (Å²) in [6, 6.07) is 0. The lowest BCUT2D eigenvalue weighted by Gasteiger charge is -1.95. The largest absolute Gasteiger partial charge is 0.317 e. The first kappa shape index (κ1) is 24.3. The van der Waals surface area contributed by atoms with Crippen molar-refractivity contribution < 1.29 is 0 Å². The van der Waals surface area contributed by atoms with Gasteiger partial charge in [-0.15, -0.1) is 0 Å². The smallest absolute Gasteiger partial charge is 0.00491 e. The second-order valence-corrected chi connectivity index (χ2v) is 3.12. The average Bonchev–Trinajstić information content (AvgIpc) is 2.24. The Hall–Kier alpha value is -0.0400. The minimum absolute atomic E-state index is 1.11. The van der Waals surface area contributed by atoms with Crippen molar-refractivity contribution in [3.8, 4) is 0 Å². The highest BCUT2D eigenvalue weighted by molar-refractivity contribution is 4.39. The molecule has 98 valence electrons. The fourth-order valence-electron chi connectivity index (χ4n) is 0.479. The van der Waals surface area contributed by atoms with E-state index in [1.54, 1.807) is 0 Å². The first-order chi connectivity index (χ1) is 7.24. The van der Waals surface area contributed by atoms with Crippen LogP contribution in [0, 0.1) is 0 Å². The van der Waals surface area contributed by atoms with Crippen molar-refractivity contribution in [3.05, 3.63) is 0 Å². The molecule has 0 aromatic rings. The summed E-state index contributed by atoms with van der Waals surface area (Å²) >= 11 is 0. The summed E-state index contributed by atoms with van der Waals surface area (Å²) < 4.78 is 0. The van der Waals surface area contributed by atoms with Crippen LogP contribution in [-0.2, 0) is 0 Å². The molecule has 0 heterocycles. The molecule has 1 N–H and O–H groups in total. The van der Waals surface area contributed by atoms with Crippen molar-refractivity contribution in [2.75, 3.05) is 13.1 Å². The molecule has 0 aliphatic carbocycles. The first-order valence-electron chi connectivity index (χ1n) is 6.95. The molecule has 0 saturated heterocycles. The lowest BCUT2D eigenvalue weighted by atomic mass is 10.3. The lowest BCUT2D eigenvalue weighted by molar-refractivity contribution is 0.663. The Morgan fingerprint density at radius 3 is 1.27 bits per heavy atom. The van der Waals surface area contributed by atoms with E-state index in [-0.39, 0.29) is 0 Å². The molecule has 0 aliphatic rings. The summed E-state index contributed by atoms with van der Waals surface area (Å²) in [6.45, 7) is 19.1.